The van der Waals surface area contributed by atoms with Gasteiger partial charge in [-0.15, -0.1) is 0 Å². The lowest BCUT2D eigenvalue weighted by Crippen LogP contribution is -2.37. The SMILES string of the molecule is CN1C=C(c2ncc(F)c(NC3CCCCC3)n2)C2=CC(F)=CNC21. The van der Waals surface area contributed by atoms with Gasteiger partial charge >= 0.3 is 0 Å². The number of hydrogen-bond donors (Lipinski definition) is 2. The number of hydrogen-bond acceptors (Lipinski definition) is 5. The number of dihydropyridines is 1. The fraction of sp³-hybridized carbons (Fsp3) is 0.444. The molecule has 0 saturated heterocycles. The zero-order valence-electron chi connectivity index (χ0n) is 14.1. The average molecular weight is 345 g/mol. The lowest BCUT2D eigenvalue weighted by atomic mass is 9.95. The van der Waals surface area contributed by atoms with Gasteiger partial charge in [0.05, 0.1) is 6.20 Å². The number of nitrogens with one attached hydrogen (secondary N) is 2. The topological polar surface area (TPSA) is 53.1 Å². The molecule has 4 rings (SSSR count). The van der Waals surface area contributed by atoms with Crippen LogP contribution in [0.1, 0.15) is 37.9 Å². The molecule has 1 atom stereocenters. The van der Waals surface area contributed by atoms with Crippen molar-refractivity contribution < 1.29 is 8.78 Å². The standard InChI is InChI=1S/C18H21F2N5/c1-25-10-14(13-7-11(19)8-22-18(13)25)16-21-9-15(20)17(24-16)23-12-5-3-2-4-6-12/h7-10,12,18,22H,2-6H2,1H3,(H,21,23,24). The van der Waals surface area contributed by atoms with Crippen molar-refractivity contribution in [3.63, 3.8) is 0 Å². The maximum absolute atomic E-state index is 14.2. The van der Waals surface area contributed by atoms with Gasteiger partial charge in [-0.3, -0.25) is 0 Å². The van der Waals surface area contributed by atoms with Gasteiger partial charge in [0.15, 0.2) is 17.5 Å². The Balaban J connectivity index is 1.63. The molecule has 3 heterocycles. The van der Waals surface area contributed by atoms with Crippen molar-refractivity contribution in [2.45, 2.75) is 44.3 Å². The van der Waals surface area contributed by atoms with E-state index in [0.717, 1.165) is 31.3 Å². The molecule has 1 aromatic rings. The highest BCUT2D eigenvalue weighted by molar-refractivity contribution is 5.80. The van der Waals surface area contributed by atoms with E-state index in [1.807, 2.05) is 18.1 Å². The summed E-state index contributed by atoms with van der Waals surface area (Å²) in [6.07, 6.45) is 11.3. The van der Waals surface area contributed by atoms with Gasteiger partial charge in [-0.25, -0.2) is 18.7 Å². The Kier molecular flexibility index (Phi) is 4.15. The molecule has 5 nitrogen and oxygen atoms in total. The highest BCUT2D eigenvalue weighted by Crippen LogP contribution is 2.35. The van der Waals surface area contributed by atoms with E-state index in [1.165, 1.54) is 24.9 Å². The summed E-state index contributed by atoms with van der Waals surface area (Å²) in [6.45, 7) is 0. The molecule has 1 saturated carbocycles. The van der Waals surface area contributed by atoms with Gasteiger partial charge in [0.2, 0.25) is 0 Å². The molecule has 3 aliphatic rings. The molecule has 1 aliphatic carbocycles. The van der Waals surface area contributed by atoms with Crippen LogP contribution in [0.25, 0.3) is 5.57 Å². The predicted molar refractivity (Wildman–Crippen MR) is 92.4 cm³/mol. The van der Waals surface area contributed by atoms with Crippen LogP contribution in [0.4, 0.5) is 14.6 Å². The van der Waals surface area contributed by atoms with Crippen LogP contribution >= 0.6 is 0 Å². The average Bonchev–Trinajstić information content (AvgIpc) is 2.94. The van der Waals surface area contributed by atoms with Crippen molar-refractivity contribution in [1.29, 1.82) is 0 Å². The number of fused-ring (bicyclic) bond motifs is 1. The fourth-order valence-electron chi connectivity index (χ4n) is 3.66. The summed E-state index contributed by atoms with van der Waals surface area (Å²) in [5, 5.41) is 6.21. The van der Waals surface area contributed by atoms with Crippen LogP contribution in [0.5, 0.6) is 0 Å². The van der Waals surface area contributed by atoms with Crippen molar-refractivity contribution in [2.24, 2.45) is 0 Å². The Hall–Kier alpha value is -2.44. The van der Waals surface area contributed by atoms with Crippen LogP contribution in [0.15, 0.2) is 36.1 Å². The maximum Gasteiger partial charge on any atom is 0.183 e. The largest absolute Gasteiger partial charge is 0.365 e. The molecular formula is C18H21F2N5. The smallest absolute Gasteiger partial charge is 0.183 e. The Morgan fingerprint density at radius 3 is 2.84 bits per heavy atom. The number of anilines is 1. The number of halogens is 2. The highest BCUT2D eigenvalue weighted by Gasteiger charge is 2.32. The fourth-order valence-corrected chi connectivity index (χ4v) is 3.66. The van der Waals surface area contributed by atoms with Crippen LogP contribution in [-0.2, 0) is 0 Å². The van der Waals surface area contributed by atoms with Gasteiger partial charge in [-0.1, -0.05) is 19.3 Å². The molecule has 2 N–H and O–H groups in total. The second kappa shape index (κ2) is 6.46. The van der Waals surface area contributed by atoms with Gasteiger partial charge in [0, 0.05) is 36.6 Å². The number of allylic oxidation sites excluding steroid dienone is 2. The molecule has 1 fully saturated rings. The third-order valence-electron chi connectivity index (χ3n) is 4.95. The summed E-state index contributed by atoms with van der Waals surface area (Å²) >= 11 is 0. The van der Waals surface area contributed by atoms with Crippen molar-refractivity contribution in [3.05, 3.63) is 47.7 Å². The van der Waals surface area contributed by atoms with Gasteiger partial charge in [-0.2, -0.15) is 0 Å². The molecule has 25 heavy (non-hydrogen) atoms. The molecule has 2 aliphatic heterocycles. The quantitative estimate of drug-likeness (QED) is 0.880. The second-order valence-corrected chi connectivity index (χ2v) is 6.78. The minimum absolute atomic E-state index is 0.155. The zero-order valence-corrected chi connectivity index (χ0v) is 14.1. The molecule has 1 aromatic heterocycles. The number of nitrogens with zero attached hydrogens (tertiary/aromatic N) is 3. The Morgan fingerprint density at radius 2 is 2.04 bits per heavy atom. The van der Waals surface area contributed by atoms with E-state index in [1.54, 1.807) is 0 Å². The van der Waals surface area contributed by atoms with E-state index in [4.69, 9.17) is 0 Å². The van der Waals surface area contributed by atoms with Crippen molar-refractivity contribution in [3.8, 4) is 0 Å². The summed E-state index contributed by atoms with van der Waals surface area (Å²) < 4.78 is 27.8. The van der Waals surface area contributed by atoms with E-state index >= 15 is 0 Å². The lowest BCUT2D eigenvalue weighted by Gasteiger charge is -2.25. The Labute approximate surface area is 145 Å². The monoisotopic (exact) mass is 345 g/mol. The molecule has 0 spiro atoms. The third kappa shape index (κ3) is 3.10. The summed E-state index contributed by atoms with van der Waals surface area (Å²) in [5.41, 5.74) is 1.45. The lowest BCUT2D eigenvalue weighted by molar-refractivity contribution is 0.357. The minimum Gasteiger partial charge on any atom is -0.365 e. The minimum atomic E-state index is -0.459. The Bertz CT molecular complexity index is 765. The highest BCUT2D eigenvalue weighted by atomic mass is 19.1. The first-order valence-electron chi connectivity index (χ1n) is 8.69. The van der Waals surface area contributed by atoms with Crippen molar-refractivity contribution in [1.82, 2.24) is 20.2 Å². The first kappa shape index (κ1) is 16.1. The first-order valence-corrected chi connectivity index (χ1v) is 8.69. The van der Waals surface area contributed by atoms with Crippen molar-refractivity contribution >= 4 is 11.4 Å². The maximum atomic E-state index is 14.2. The summed E-state index contributed by atoms with van der Waals surface area (Å²) in [5.74, 6) is -0.184. The molecule has 132 valence electrons. The Morgan fingerprint density at radius 1 is 1.24 bits per heavy atom. The zero-order chi connectivity index (χ0) is 17.4. The van der Waals surface area contributed by atoms with Crippen LogP contribution < -0.4 is 10.6 Å². The summed E-state index contributed by atoms with van der Waals surface area (Å²) in [4.78, 5) is 10.5. The van der Waals surface area contributed by atoms with E-state index in [-0.39, 0.29) is 23.9 Å². The summed E-state index contributed by atoms with van der Waals surface area (Å²) in [7, 11) is 1.89. The van der Waals surface area contributed by atoms with E-state index in [2.05, 4.69) is 20.6 Å². The molecule has 0 aromatic carbocycles. The van der Waals surface area contributed by atoms with Crippen LogP contribution in [0, 0.1) is 5.82 Å². The molecule has 1 unspecified atom stereocenters. The van der Waals surface area contributed by atoms with Gasteiger partial charge in [0.1, 0.15) is 12.0 Å². The molecule has 0 radical (unpaired) electrons. The van der Waals surface area contributed by atoms with Gasteiger partial charge in [-0.05, 0) is 18.9 Å². The van der Waals surface area contributed by atoms with E-state index in [9.17, 15) is 8.78 Å². The van der Waals surface area contributed by atoms with Crippen LogP contribution in [0.2, 0.25) is 0 Å². The van der Waals surface area contributed by atoms with E-state index in [0.29, 0.717) is 11.4 Å². The molecule has 7 heteroatoms. The number of aromatic nitrogens is 2. The van der Waals surface area contributed by atoms with E-state index < -0.39 is 5.82 Å². The number of likely N-dealkylation sites (N-methyl/N-ethyl adjacent to an activating group) is 1. The van der Waals surface area contributed by atoms with Crippen LogP contribution in [-0.4, -0.2) is 34.1 Å². The number of rotatable bonds is 3. The first-order chi connectivity index (χ1) is 12.1. The summed E-state index contributed by atoms with van der Waals surface area (Å²) in [6, 6.07) is 0.245. The molecule has 0 bridgehead atoms. The van der Waals surface area contributed by atoms with Gasteiger partial charge in [0.25, 0.3) is 0 Å². The normalized spacial score (nSPS) is 23.4. The van der Waals surface area contributed by atoms with Crippen LogP contribution in [0.3, 0.4) is 0 Å². The van der Waals surface area contributed by atoms with Gasteiger partial charge < -0.3 is 15.5 Å². The second-order valence-electron chi connectivity index (χ2n) is 6.78. The molecular weight excluding hydrogens is 324 g/mol. The predicted octanol–water partition coefficient (Wildman–Crippen LogP) is 3.31. The third-order valence-corrected chi connectivity index (χ3v) is 4.95. The molecule has 0 amide bonds. The van der Waals surface area contributed by atoms with Crippen molar-refractivity contribution in [2.75, 3.05) is 12.4 Å².